The normalized spacial score (nSPS) is 16.3. The third-order valence-electron chi connectivity index (χ3n) is 4.90. The molecule has 1 N–H and O–H groups in total. The lowest BCUT2D eigenvalue weighted by Crippen LogP contribution is -2.29. The van der Waals surface area contributed by atoms with Crippen LogP contribution in [-0.2, 0) is 0 Å². The maximum atomic E-state index is 13.0. The van der Waals surface area contributed by atoms with E-state index in [9.17, 15) is 13.6 Å². The van der Waals surface area contributed by atoms with Crippen LogP contribution in [0.2, 0.25) is 0 Å². The average molecular weight is 370 g/mol. The number of nitrogens with zero attached hydrogens (tertiary/aromatic N) is 3. The van der Waals surface area contributed by atoms with E-state index in [-0.39, 0.29) is 11.9 Å². The van der Waals surface area contributed by atoms with Gasteiger partial charge < -0.3 is 4.98 Å². The Morgan fingerprint density at radius 3 is 2.78 bits per heavy atom. The van der Waals surface area contributed by atoms with Crippen LogP contribution >= 0.6 is 0 Å². The average Bonchev–Trinajstić information content (AvgIpc) is 3.12. The van der Waals surface area contributed by atoms with Crippen LogP contribution in [0.15, 0.2) is 47.6 Å². The second-order valence-electron chi connectivity index (χ2n) is 6.81. The Labute approximate surface area is 154 Å². The van der Waals surface area contributed by atoms with Crippen molar-refractivity contribution in [2.45, 2.75) is 44.6 Å². The molecule has 0 saturated heterocycles. The SMILES string of the molecule is O=C(c1ccc2nc(C(F)F)[nH]c2c1)n1ccccc1=NC1CCCCC1. The lowest BCUT2D eigenvalue weighted by atomic mass is 9.96. The smallest absolute Gasteiger partial charge is 0.295 e. The number of aromatic nitrogens is 3. The van der Waals surface area contributed by atoms with E-state index >= 15 is 0 Å². The number of alkyl halides is 2. The van der Waals surface area contributed by atoms with E-state index in [1.54, 1.807) is 30.5 Å². The van der Waals surface area contributed by atoms with Gasteiger partial charge in [0, 0.05) is 11.8 Å². The Bertz CT molecular complexity index is 1030. The quantitative estimate of drug-likeness (QED) is 0.750. The van der Waals surface area contributed by atoms with Gasteiger partial charge in [-0.25, -0.2) is 13.8 Å². The Balaban J connectivity index is 1.70. The van der Waals surface area contributed by atoms with Gasteiger partial charge in [-0.1, -0.05) is 25.3 Å². The van der Waals surface area contributed by atoms with Gasteiger partial charge in [0.25, 0.3) is 12.3 Å². The zero-order valence-corrected chi connectivity index (χ0v) is 14.7. The van der Waals surface area contributed by atoms with E-state index in [1.165, 1.54) is 11.0 Å². The maximum Gasteiger partial charge on any atom is 0.295 e. The van der Waals surface area contributed by atoms with Gasteiger partial charge in [0.05, 0.1) is 17.1 Å². The summed E-state index contributed by atoms with van der Waals surface area (Å²) in [6, 6.07) is 10.4. The highest BCUT2D eigenvalue weighted by molar-refractivity contribution is 5.98. The largest absolute Gasteiger partial charge is 0.337 e. The fraction of sp³-hybridized carbons (Fsp3) is 0.350. The summed E-state index contributed by atoms with van der Waals surface area (Å²) in [4.78, 5) is 24.2. The van der Waals surface area contributed by atoms with E-state index in [4.69, 9.17) is 4.99 Å². The molecule has 7 heteroatoms. The van der Waals surface area contributed by atoms with Crippen LogP contribution in [0, 0.1) is 0 Å². The Morgan fingerprint density at radius 2 is 2.00 bits per heavy atom. The van der Waals surface area contributed by atoms with Crippen molar-refractivity contribution in [3.8, 4) is 0 Å². The highest BCUT2D eigenvalue weighted by Gasteiger charge is 2.16. The van der Waals surface area contributed by atoms with Crippen LogP contribution in [0.5, 0.6) is 0 Å². The number of nitrogens with one attached hydrogen (secondary N) is 1. The van der Waals surface area contributed by atoms with Crippen LogP contribution in [-0.4, -0.2) is 26.5 Å². The number of pyridine rings is 1. The van der Waals surface area contributed by atoms with E-state index in [0.717, 1.165) is 25.7 Å². The second-order valence-corrected chi connectivity index (χ2v) is 6.81. The summed E-state index contributed by atoms with van der Waals surface area (Å²) < 4.78 is 27.2. The number of carbonyl (C=O) groups excluding carboxylic acids is 1. The third-order valence-corrected chi connectivity index (χ3v) is 4.90. The summed E-state index contributed by atoms with van der Waals surface area (Å²) in [6.45, 7) is 0. The first-order valence-corrected chi connectivity index (χ1v) is 9.16. The molecule has 0 bridgehead atoms. The molecule has 0 unspecified atom stereocenters. The molecule has 1 aliphatic carbocycles. The van der Waals surface area contributed by atoms with E-state index in [0.29, 0.717) is 22.1 Å². The van der Waals surface area contributed by atoms with Crippen molar-refractivity contribution in [1.82, 2.24) is 14.5 Å². The van der Waals surface area contributed by atoms with Gasteiger partial charge in [0.15, 0.2) is 5.82 Å². The zero-order valence-electron chi connectivity index (χ0n) is 14.7. The number of aromatic amines is 1. The third kappa shape index (κ3) is 3.67. The maximum absolute atomic E-state index is 13.0. The molecule has 1 aliphatic rings. The highest BCUT2D eigenvalue weighted by atomic mass is 19.3. The molecule has 5 nitrogen and oxygen atoms in total. The first kappa shape index (κ1) is 17.6. The molecule has 1 aromatic carbocycles. The van der Waals surface area contributed by atoms with E-state index in [2.05, 4.69) is 9.97 Å². The number of carbonyl (C=O) groups is 1. The fourth-order valence-corrected chi connectivity index (χ4v) is 3.51. The number of rotatable bonds is 3. The Hall–Kier alpha value is -2.83. The minimum atomic E-state index is -2.68. The van der Waals surface area contributed by atoms with Crippen molar-refractivity contribution in [2.75, 3.05) is 0 Å². The number of hydrogen-bond donors (Lipinski definition) is 1. The molecule has 3 aromatic rings. The summed E-state index contributed by atoms with van der Waals surface area (Å²) in [7, 11) is 0. The molecule has 140 valence electrons. The number of H-pyrrole nitrogens is 1. The van der Waals surface area contributed by atoms with Crippen LogP contribution < -0.4 is 5.49 Å². The van der Waals surface area contributed by atoms with Gasteiger partial charge in [-0.2, -0.15) is 0 Å². The summed E-state index contributed by atoms with van der Waals surface area (Å²) >= 11 is 0. The van der Waals surface area contributed by atoms with Gasteiger partial charge in [-0.05, 0) is 43.2 Å². The molecule has 0 amide bonds. The van der Waals surface area contributed by atoms with Gasteiger partial charge in [0.2, 0.25) is 0 Å². The van der Waals surface area contributed by atoms with Crippen molar-refractivity contribution in [3.05, 3.63) is 59.5 Å². The topological polar surface area (TPSA) is 63.0 Å². The molecular formula is C20H20F2N4O. The van der Waals surface area contributed by atoms with Crippen LogP contribution in [0.4, 0.5) is 8.78 Å². The van der Waals surface area contributed by atoms with Gasteiger partial charge in [0.1, 0.15) is 5.49 Å². The minimum Gasteiger partial charge on any atom is -0.337 e. The number of imidazole rings is 1. The molecule has 0 spiro atoms. The summed E-state index contributed by atoms with van der Waals surface area (Å²) in [6.07, 6.45) is 4.66. The predicted octanol–water partition coefficient (Wildman–Crippen LogP) is 4.22. The highest BCUT2D eigenvalue weighted by Crippen LogP contribution is 2.21. The van der Waals surface area contributed by atoms with Crippen molar-refractivity contribution >= 4 is 16.9 Å². The molecule has 27 heavy (non-hydrogen) atoms. The van der Waals surface area contributed by atoms with Crippen LogP contribution in [0.25, 0.3) is 11.0 Å². The van der Waals surface area contributed by atoms with Crippen molar-refractivity contribution in [2.24, 2.45) is 4.99 Å². The monoisotopic (exact) mass is 370 g/mol. The first-order valence-electron chi connectivity index (χ1n) is 9.16. The Morgan fingerprint density at radius 1 is 1.19 bits per heavy atom. The number of hydrogen-bond acceptors (Lipinski definition) is 3. The van der Waals surface area contributed by atoms with Crippen LogP contribution in [0.1, 0.15) is 54.7 Å². The second kappa shape index (κ2) is 7.42. The zero-order chi connectivity index (χ0) is 18.8. The number of fused-ring (bicyclic) bond motifs is 1. The summed E-state index contributed by atoms with van der Waals surface area (Å²) in [5.41, 5.74) is 1.83. The van der Waals surface area contributed by atoms with Crippen molar-refractivity contribution in [1.29, 1.82) is 0 Å². The van der Waals surface area contributed by atoms with Crippen molar-refractivity contribution in [3.63, 3.8) is 0 Å². The van der Waals surface area contributed by atoms with Gasteiger partial charge in [-0.15, -0.1) is 0 Å². The molecule has 2 aromatic heterocycles. The lowest BCUT2D eigenvalue weighted by Gasteiger charge is -2.17. The molecule has 4 rings (SSSR count). The lowest BCUT2D eigenvalue weighted by molar-refractivity contribution is 0.0954. The molecule has 1 fully saturated rings. The first-order chi connectivity index (χ1) is 13.1. The molecule has 0 aliphatic heterocycles. The molecule has 0 atom stereocenters. The molecule has 2 heterocycles. The standard InChI is InChI=1S/C20H20F2N4O/c21-18(22)19-24-15-10-9-13(12-16(15)25-19)20(27)26-11-5-4-8-17(26)23-14-6-2-1-3-7-14/h4-5,8-12,14,18H,1-3,6-7H2,(H,24,25). The Kier molecular flexibility index (Phi) is 4.83. The number of halogens is 2. The fourth-order valence-electron chi connectivity index (χ4n) is 3.51. The van der Waals surface area contributed by atoms with E-state index < -0.39 is 12.2 Å². The van der Waals surface area contributed by atoms with Crippen LogP contribution in [0.3, 0.4) is 0 Å². The molecular weight excluding hydrogens is 350 g/mol. The number of benzene rings is 1. The predicted molar refractivity (Wildman–Crippen MR) is 97.6 cm³/mol. The van der Waals surface area contributed by atoms with Crippen molar-refractivity contribution < 1.29 is 13.6 Å². The summed E-state index contributed by atoms with van der Waals surface area (Å²) in [5, 5.41) is 0. The minimum absolute atomic E-state index is 0.240. The van der Waals surface area contributed by atoms with E-state index in [1.807, 2.05) is 12.1 Å². The van der Waals surface area contributed by atoms with Gasteiger partial charge in [-0.3, -0.25) is 14.4 Å². The molecule has 0 radical (unpaired) electrons. The van der Waals surface area contributed by atoms with Gasteiger partial charge >= 0.3 is 0 Å². The summed E-state index contributed by atoms with van der Waals surface area (Å²) in [5.74, 6) is -0.643. The molecule has 1 saturated carbocycles.